The maximum Gasteiger partial charge on any atom is 0.309 e. The van der Waals surface area contributed by atoms with Gasteiger partial charge in [0.2, 0.25) is 0 Å². The first-order chi connectivity index (χ1) is 14.6. The van der Waals surface area contributed by atoms with E-state index < -0.39 is 11.9 Å². The van der Waals surface area contributed by atoms with Crippen LogP contribution in [-0.4, -0.2) is 23.7 Å². The van der Waals surface area contributed by atoms with Crippen LogP contribution in [0.2, 0.25) is 0 Å². The molecule has 1 atom stereocenters. The van der Waals surface area contributed by atoms with Crippen LogP contribution in [0.3, 0.4) is 0 Å². The molecule has 0 rings (SSSR count). The van der Waals surface area contributed by atoms with Gasteiger partial charge in [-0.15, -0.1) is 0 Å². The summed E-state index contributed by atoms with van der Waals surface area (Å²) in [6, 6.07) is 0. The van der Waals surface area contributed by atoms with E-state index in [2.05, 4.69) is 13.8 Å². The smallest absolute Gasteiger partial charge is 0.309 e. The van der Waals surface area contributed by atoms with E-state index in [-0.39, 0.29) is 12.4 Å². The summed E-state index contributed by atoms with van der Waals surface area (Å²) in [6.07, 6.45) is 22.6. The molecule has 4 nitrogen and oxygen atoms in total. The normalized spacial score (nSPS) is 12.1. The molecule has 0 aliphatic heterocycles. The number of ether oxygens (including phenoxy) is 1. The lowest BCUT2D eigenvalue weighted by atomic mass is 9.97. The molecule has 0 saturated carbocycles. The molecule has 0 heterocycles. The van der Waals surface area contributed by atoms with Crippen molar-refractivity contribution in [3.63, 3.8) is 0 Å². The van der Waals surface area contributed by atoms with Crippen LogP contribution in [0.5, 0.6) is 0 Å². The summed E-state index contributed by atoms with van der Waals surface area (Å²) < 4.78 is 5.39. The summed E-state index contributed by atoms with van der Waals surface area (Å²) in [5, 5.41) is 9.12. The van der Waals surface area contributed by atoms with Crippen molar-refractivity contribution >= 4 is 11.9 Å². The van der Waals surface area contributed by atoms with Crippen molar-refractivity contribution in [3.8, 4) is 0 Å². The molecule has 0 aromatic carbocycles. The standard InChI is InChI=1S/C26H50O4/c1-3-5-7-9-11-13-14-15-17-19-21-24(23-25(27)28)26(29)30-22-20-18-16-12-10-8-6-4-2/h24H,3-23H2,1-2H3,(H,27,28). The van der Waals surface area contributed by atoms with Gasteiger partial charge in [0.25, 0.3) is 0 Å². The Labute approximate surface area is 186 Å². The Morgan fingerprint density at radius 1 is 0.633 bits per heavy atom. The van der Waals surface area contributed by atoms with Gasteiger partial charge in [-0.1, -0.05) is 123 Å². The van der Waals surface area contributed by atoms with Crippen LogP contribution < -0.4 is 0 Å². The molecule has 0 saturated heterocycles. The molecule has 178 valence electrons. The Morgan fingerprint density at radius 3 is 1.47 bits per heavy atom. The number of esters is 1. The molecule has 0 aromatic rings. The van der Waals surface area contributed by atoms with Crippen LogP contribution in [0.1, 0.15) is 142 Å². The summed E-state index contributed by atoms with van der Waals surface area (Å²) in [5.41, 5.74) is 0. The van der Waals surface area contributed by atoms with Crippen LogP contribution in [0.4, 0.5) is 0 Å². The fraction of sp³-hybridized carbons (Fsp3) is 0.923. The molecule has 0 aromatic heterocycles. The fourth-order valence-electron chi connectivity index (χ4n) is 3.92. The van der Waals surface area contributed by atoms with Crippen molar-refractivity contribution in [2.45, 2.75) is 142 Å². The zero-order valence-corrected chi connectivity index (χ0v) is 20.1. The molecular weight excluding hydrogens is 376 g/mol. The van der Waals surface area contributed by atoms with Gasteiger partial charge in [0.15, 0.2) is 0 Å². The minimum atomic E-state index is -0.906. The SMILES string of the molecule is CCCCCCCCCCCCC(CC(=O)O)C(=O)OCCCCCCCCCC. The number of rotatable bonds is 23. The second kappa shape index (κ2) is 22.6. The van der Waals surface area contributed by atoms with Crippen molar-refractivity contribution in [1.29, 1.82) is 0 Å². The summed E-state index contributed by atoms with van der Waals surface area (Å²) in [7, 11) is 0. The van der Waals surface area contributed by atoms with Crippen molar-refractivity contribution in [3.05, 3.63) is 0 Å². The highest BCUT2D eigenvalue weighted by Gasteiger charge is 2.22. The Balaban J connectivity index is 3.77. The second-order valence-electron chi connectivity index (χ2n) is 8.91. The van der Waals surface area contributed by atoms with E-state index in [1.807, 2.05) is 0 Å². The van der Waals surface area contributed by atoms with Gasteiger partial charge in [0.1, 0.15) is 0 Å². The van der Waals surface area contributed by atoms with Gasteiger partial charge in [0, 0.05) is 0 Å². The van der Waals surface area contributed by atoms with E-state index in [4.69, 9.17) is 9.84 Å². The highest BCUT2D eigenvalue weighted by atomic mass is 16.5. The van der Waals surface area contributed by atoms with Gasteiger partial charge >= 0.3 is 11.9 Å². The highest BCUT2D eigenvalue weighted by molar-refractivity contribution is 5.79. The van der Waals surface area contributed by atoms with E-state index in [1.54, 1.807) is 0 Å². The van der Waals surface area contributed by atoms with E-state index >= 15 is 0 Å². The van der Waals surface area contributed by atoms with Gasteiger partial charge in [-0.25, -0.2) is 0 Å². The first-order valence-corrected chi connectivity index (χ1v) is 13.0. The average Bonchev–Trinajstić information content (AvgIpc) is 2.72. The summed E-state index contributed by atoms with van der Waals surface area (Å²) in [5.74, 6) is -1.70. The number of carboxylic acids is 1. The first-order valence-electron chi connectivity index (χ1n) is 13.0. The van der Waals surface area contributed by atoms with Crippen LogP contribution in [-0.2, 0) is 14.3 Å². The number of carbonyl (C=O) groups is 2. The predicted molar refractivity (Wildman–Crippen MR) is 126 cm³/mol. The number of hydrogen-bond acceptors (Lipinski definition) is 3. The largest absolute Gasteiger partial charge is 0.481 e. The molecule has 0 bridgehead atoms. The molecule has 0 fully saturated rings. The predicted octanol–water partition coefficient (Wildman–Crippen LogP) is 8.07. The Morgan fingerprint density at radius 2 is 1.03 bits per heavy atom. The maximum atomic E-state index is 12.3. The van der Waals surface area contributed by atoms with Crippen molar-refractivity contribution in [2.24, 2.45) is 5.92 Å². The first kappa shape index (κ1) is 28.9. The van der Waals surface area contributed by atoms with Crippen LogP contribution in [0.15, 0.2) is 0 Å². The van der Waals surface area contributed by atoms with Gasteiger partial charge in [-0.2, -0.15) is 0 Å². The molecule has 30 heavy (non-hydrogen) atoms. The lowest BCUT2D eigenvalue weighted by Crippen LogP contribution is -2.21. The van der Waals surface area contributed by atoms with Gasteiger partial charge in [-0.3, -0.25) is 9.59 Å². The molecule has 1 unspecified atom stereocenters. The van der Waals surface area contributed by atoms with Crippen molar-refractivity contribution < 1.29 is 19.4 Å². The molecule has 0 amide bonds. The summed E-state index contributed by atoms with van der Waals surface area (Å²) in [6.45, 7) is 4.90. The van der Waals surface area contributed by atoms with E-state index in [1.165, 1.54) is 89.9 Å². The third kappa shape index (κ3) is 20.2. The molecule has 0 radical (unpaired) electrons. The summed E-state index contributed by atoms with van der Waals surface area (Å²) in [4.78, 5) is 23.4. The zero-order valence-electron chi connectivity index (χ0n) is 20.1. The van der Waals surface area contributed by atoms with E-state index in [0.29, 0.717) is 13.0 Å². The minimum absolute atomic E-state index is 0.103. The van der Waals surface area contributed by atoms with Crippen LogP contribution in [0.25, 0.3) is 0 Å². The number of carbonyl (C=O) groups excluding carboxylic acids is 1. The Kier molecular flexibility index (Phi) is 21.8. The Bertz CT molecular complexity index is 394. The number of hydrogen-bond donors (Lipinski definition) is 1. The van der Waals surface area contributed by atoms with Crippen molar-refractivity contribution in [1.82, 2.24) is 0 Å². The molecule has 4 heteroatoms. The second-order valence-corrected chi connectivity index (χ2v) is 8.91. The van der Waals surface area contributed by atoms with E-state index in [9.17, 15) is 9.59 Å². The van der Waals surface area contributed by atoms with Crippen LogP contribution in [0, 0.1) is 5.92 Å². The lowest BCUT2D eigenvalue weighted by Gasteiger charge is -2.14. The average molecular weight is 427 g/mol. The zero-order chi connectivity index (χ0) is 22.3. The third-order valence-electron chi connectivity index (χ3n) is 5.90. The lowest BCUT2D eigenvalue weighted by molar-refractivity contribution is -0.153. The van der Waals surface area contributed by atoms with Crippen molar-refractivity contribution in [2.75, 3.05) is 6.61 Å². The maximum absolute atomic E-state index is 12.3. The fourth-order valence-corrected chi connectivity index (χ4v) is 3.92. The quantitative estimate of drug-likeness (QED) is 0.132. The molecule has 0 aliphatic rings. The number of carboxylic acid groups (broad SMARTS) is 1. The van der Waals surface area contributed by atoms with Crippen LogP contribution >= 0.6 is 0 Å². The number of aliphatic carboxylic acids is 1. The highest BCUT2D eigenvalue weighted by Crippen LogP contribution is 2.18. The Hall–Kier alpha value is -1.06. The topological polar surface area (TPSA) is 63.6 Å². The molecule has 1 N–H and O–H groups in total. The molecule has 0 spiro atoms. The monoisotopic (exact) mass is 426 g/mol. The minimum Gasteiger partial charge on any atom is -0.481 e. The van der Waals surface area contributed by atoms with Gasteiger partial charge < -0.3 is 9.84 Å². The summed E-state index contributed by atoms with van der Waals surface area (Å²) >= 11 is 0. The molecule has 0 aliphatic carbocycles. The molecular formula is C26H50O4. The van der Waals surface area contributed by atoms with Gasteiger partial charge in [0.05, 0.1) is 18.9 Å². The van der Waals surface area contributed by atoms with E-state index in [0.717, 1.165) is 25.7 Å². The van der Waals surface area contributed by atoms with Gasteiger partial charge in [-0.05, 0) is 12.8 Å². The third-order valence-corrected chi connectivity index (χ3v) is 5.90. The number of unbranched alkanes of at least 4 members (excludes halogenated alkanes) is 16.